The average molecular weight is 309 g/mol. The number of fused-ring (bicyclic) bond motifs is 3. The van der Waals surface area contributed by atoms with Crippen LogP contribution in [0.4, 0.5) is 5.82 Å². The standard InChI is InChI=1S/C18H23N5/c1-3-23-8-4-5-13(23)10-19-18-17-16(20-11-21-18)14-9-12(2)6-7-15(14)22-17/h6-7,9,11,13,22H,3-5,8,10H2,1-2H3,(H,19,20,21)/t13-/m1/s1. The highest BCUT2D eigenvalue weighted by molar-refractivity contribution is 6.08. The number of rotatable bonds is 4. The van der Waals surface area contributed by atoms with Gasteiger partial charge in [-0.05, 0) is 45.0 Å². The number of hydrogen-bond donors (Lipinski definition) is 2. The maximum Gasteiger partial charge on any atom is 0.153 e. The lowest BCUT2D eigenvalue weighted by molar-refractivity contribution is 0.277. The van der Waals surface area contributed by atoms with Crippen LogP contribution in [0.15, 0.2) is 24.5 Å². The molecular weight excluding hydrogens is 286 g/mol. The van der Waals surface area contributed by atoms with Crippen LogP contribution >= 0.6 is 0 Å². The Morgan fingerprint density at radius 3 is 3.13 bits per heavy atom. The van der Waals surface area contributed by atoms with E-state index in [-0.39, 0.29) is 0 Å². The molecule has 4 rings (SSSR count). The minimum Gasteiger partial charge on any atom is -0.367 e. The molecule has 2 N–H and O–H groups in total. The predicted octanol–water partition coefficient (Wildman–Crippen LogP) is 3.32. The number of hydrogen-bond acceptors (Lipinski definition) is 4. The molecule has 1 aliphatic heterocycles. The second-order valence-corrected chi connectivity index (χ2v) is 6.43. The van der Waals surface area contributed by atoms with Gasteiger partial charge in [0.1, 0.15) is 17.4 Å². The summed E-state index contributed by atoms with van der Waals surface area (Å²) in [6.07, 6.45) is 4.22. The molecule has 5 nitrogen and oxygen atoms in total. The third kappa shape index (κ3) is 2.55. The SMILES string of the molecule is CCN1CCC[C@@H]1CNc1ncnc2c1[nH]c1ccc(C)cc12. The van der Waals surface area contributed by atoms with Gasteiger partial charge in [0.05, 0.1) is 0 Å². The monoisotopic (exact) mass is 309 g/mol. The molecule has 3 aromatic rings. The quantitative estimate of drug-likeness (QED) is 0.776. The molecule has 0 radical (unpaired) electrons. The van der Waals surface area contributed by atoms with Crippen molar-refractivity contribution in [2.24, 2.45) is 0 Å². The van der Waals surface area contributed by atoms with Gasteiger partial charge < -0.3 is 10.3 Å². The molecule has 120 valence electrons. The number of aryl methyl sites for hydroxylation is 1. The summed E-state index contributed by atoms with van der Waals surface area (Å²) in [7, 11) is 0. The number of likely N-dealkylation sites (tertiary alicyclic amines) is 1. The summed E-state index contributed by atoms with van der Waals surface area (Å²) in [5.41, 5.74) is 4.37. The fourth-order valence-electron chi connectivity index (χ4n) is 3.70. The van der Waals surface area contributed by atoms with Crippen LogP contribution in [0.2, 0.25) is 0 Å². The lowest BCUT2D eigenvalue weighted by Crippen LogP contribution is -2.34. The van der Waals surface area contributed by atoms with E-state index in [1.807, 2.05) is 0 Å². The van der Waals surface area contributed by atoms with Crippen LogP contribution in [0.25, 0.3) is 21.9 Å². The number of H-pyrrole nitrogens is 1. The molecule has 2 aromatic heterocycles. The van der Waals surface area contributed by atoms with Crippen LogP contribution in [-0.4, -0.2) is 45.5 Å². The number of aromatic amines is 1. The molecule has 0 amide bonds. The molecule has 1 aliphatic rings. The molecule has 0 saturated carbocycles. The van der Waals surface area contributed by atoms with E-state index < -0.39 is 0 Å². The van der Waals surface area contributed by atoms with Crippen molar-refractivity contribution in [1.82, 2.24) is 19.9 Å². The summed E-state index contributed by atoms with van der Waals surface area (Å²) in [5.74, 6) is 0.909. The average Bonchev–Trinajstić information content (AvgIpc) is 3.16. The second kappa shape index (κ2) is 5.81. The van der Waals surface area contributed by atoms with Crippen LogP contribution in [0.3, 0.4) is 0 Å². The number of nitrogens with zero attached hydrogens (tertiary/aromatic N) is 3. The zero-order valence-electron chi connectivity index (χ0n) is 13.8. The lowest BCUT2D eigenvalue weighted by Gasteiger charge is -2.23. The van der Waals surface area contributed by atoms with Gasteiger partial charge in [-0.3, -0.25) is 4.90 Å². The zero-order chi connectivity index (χ0) is 15.8. The van der Waals surface area contributed by atoms with Crippen LogP contribution in [0, 0.1) is 6.92 Å². The first kappa shape index (κ1) is 14.5. The number of nitrogens with one attached hydrogen (secondary N) is 2. The maximum absolute atomic E-state index is 4.49. The molecule has 1 saturated heterocycles. The van der Waals surface area contributed by atoms with Gasteiger partial charge in [-0.25, -0.2) is 9.97 Å². The van der Waals surface area contributed by atoms with Crippen LogP contribution < -0.4 is 5.32 Å². The lowest BCUT2D eigenvalue weighted by atomic mass is 10.1. The zero-order valence-corrected chi connectivity index (χ0v) is 13.8. The number of benzene rings is 1. The molecule has 0 aliphatic carbocycles. The van der Waals surface area contributed by atoms with Crippen molar-refractivity contribution < 1.29 is 0 Å². The van der Waals surface area contributed by atoms with Crippen molar-refractivity contribution in [3.8, 4) is 0 Å². The summed E-state index contributed by atoms with van der Waals surface area (Å²) in [5, 5.41) is 4.71. The number of anilines is 1. The third-order valence-electron chi connectivity index (χ3n) is 4.95. The van der Waals surface area contributed by atoms with Gasteiger partial charge in [0, 0.05) is 23.5 Å². The van der Waals surface area contributed by atoms with Crippen LogP contribution in [-0.2, 0) is 0 Å². The van der Waals surface area contributed by atoms with Gasteiger partial charge >= 0.3 is 0 Å². The van der Waals surface area contributed by atoms with Gasteiger partial charge in [0.15, 0.2) is 5.82 Å². The van der Waals surface area contributed by atoms with E-state index in [4.69, 9.17) is 0 Å². The minimum atomic E-state index is 0.608. The van der Waals surface area contributed by atoms with Crippen molar-refractivity contribution in [2.75, 3.05) is 25.0 Å². The van der Waals surface area contributed by atoms with Crippen molar-refractivity contribution in [3.63, 3.8) is 0 Å². The fourth-order valence-corrected chi connectivity index (χ4v) is 3.70. The van der Waals surface area contributed by atoms with E-state index in [1.54, 1.807) is 6.33 Å². The fraction of sp³-hybridized carbons (Fsp3) is 0.444. The Morgan fingerprint density at radius 2 is 2.26 bits per heavy atom. The Bertz CT molecular complexity index is 838. The van der Waals surface area contributed by atoms with E-state index in [0.29, 0.717) is 6.04 Å². The largest absolute Gasteiger partial charge is 0.367 e. The molecule has 0 spiro atoms. The highest BCUT2D eigenvalue weighted by Gasteiger charge is 2.23. The smallest absolute Gasteiger partial charge is 0.153 e. The molecule has 0 bridgehead atoms. The second-order valence-electron chi connectivity index (χ2n) is 6.43. The first-order valence-corrected chi connectivity index (χ1v) is 8.47. The Hall–Kier alpha value is -2.14. The van der Waals surface area contributed by atoms with E-state index in [9.17, 15) is 0 Å². The molecule has 3 heterocycles. The highest BCUT2D eigenvalue weighted by Crippen LogP contribution is 2.28. The summed E-state index contributed by atoms with van der Waals surface area (Å²) in [4.78, 5) is 15.0. The van der Waals surface area contributed by atoms with Crippen molar-refractivity contribution in [1.29, 1.82) is 0 Å². The van der Waals surface area contributed by atoms with Crippen molar-refractivity contribution in [3.05, 3.63) is 30.1 Å². The number of aromatic nitrogens is 3. The first-order valence-electron chi connectivity index (χ1n) is 8.47. The van der Waals surface area contributed by atoms with Gasteiger partial charge in [0.2, 0.25) is 0 Å². The van der Waals surface area contributed by atoms with Gasteiger partial charge in [-0.2, -0.15) is 0 Å². The van der Waals surface area contributed by atoms with Crippen molar-refractivity contribution in [2.45, 2.75) is 32.7 Å². The Balaban J connectivity index is 1.66. The van der Waals surface area contributed by atoms with E-state index in [1.165, 1.54) is 30.3 Å². The summed E-state index contributed by atoms with van der Waals surface area (Å²) < 4.78 is 0. The molecule has 5 heteroatoms. The Morgan fingerprint density at radius 1 is 1.35 bits per heavy atom. The minimum absolute atomic E-state index is 0.608. The van der Waals surface area contributed by atoms with E-state index in [2.05, 4.69) is 57.2 Å². The molecule has 1 atom stereocenters. The van der Waals surface area contributed by atoms with Crippen molar-refractivity contribution >= 4 is 27.8 Å². The predicted molar refractivity (Wildman–Crippen MR) is 94.9 cm³/mol. The maximum atomic E-state index is 4.49. The van der Waals surface area contributed by atoms with Gasteiger partial charge in [-0.15, -0.1) is 0 Å². The van der Waals surface area contributed by atoms with Gasteiger partial charge in [0.25, 0.3) is 0 Å². The highest BCUT2D eigenvalue weighted by atomic mass is 15.2. The van der Waals surface area contributed by atoms with E-state index >= 15 is 0 Å². The van der Waals surface area contributed by atoms with Gasteiger partial charge in [-0.1, -0.05) is 18.6 Å². The first-order chi connectivity index (χ1) is 11.3. The summed E-state index contributed by atoms with van der Waals surface area (Å²) in [6, 6.07) is 7.03. The topological polar surface area (TPSA) is 56.8 Å². The Labute approximate surface area is 136 Å². The van der Waals surface area contributed by atoms with Crippen LogP contribution in [0.1, 0.15) is 25.3 Å². The molecule has 1 aromatic carbocycles. The molecule has 0 unspecified atom stereocenters. The molecular formula is C18H23N5. The number of likely N-dealkylation sites (N-methyl/N-ethyl adjacent to an activating group) is 1. The third-order valence-corrected chi connectivity index (χ3v) is 4.95. The normalized spacial score (nSPS) is 19.0. The molecule has 23 heavy (non-hydrogen) atoms. The molecule has 1 fully saturated rings. The summed E-state index contributed by atoms with van der Waals surface area (Å²) in [6.45, 7) is 7.62. The van der Waals surface area contributed by atoms with Crippen LogP contribution in [0.5, 0.6) is 0 Å². The van der Waals surface area contributed by atoms with E-state index in [0.717, 1.165) is 35.5 Å². The Kier molecular flexibility index (Phi) is 3.65. The summed E-state index contributed by atoms with van der Waals surface area (Å²) >= 11 is 0.